The van der Waals surface area contributed by atoms with Gasteiger partial charge >= 0.3 is 0 Å². The van der Waals surface area contributed by atoms with E-state index in [1.807, 2.05) is 36.7 Å². The average Bonchev–Trinajstić information content (AvgIpc) is 2.83. The molecule has 1 aliphatic heterocycles. The molecule has 6 nitrogen and oxygen atoms in total. The third-order valence-electron chi connectivity index (χ3n) is 5.03. The van der Waals surface area contributed by atoms with Gasteiger partial charge in [-0.3, -0.25) is 4.90 Å². The van der Waals surface area contributed by atoms with Gasteiger partial charge in [0.1, 0.15) is 0 Å². The van der Waals surface area contributed by atoms with Crippen molar-refractivity contribution in [2.24, 2.45) is 0 Å². The molecule has 1 aromatic heterocycles. The van der Waals surface area contributed by atoms with E-state index in [1.165, 1.54) is 0 Å². The minimum Gasteiger partial charge on any atom is -0.333 e. The fourth-order valence-corrected chi connectivity index (χ4v) is 4.67. The lowest BCUT2D eigenvalue weighted by Gasteiger charge is -2.23. The molecule has 0 fully saturated rings. The van der Waals surface area contributed by atoms with Crippen LogP contribution in [0.3, 0.4) is 0 Å². The van der Waals surface area contributed by atoms with Gasteiger partial charge in [-0.25, -0.2) is 13.4 Å². The molecule has 1 aromatic carbocycles. The van der Waals surface area contributed by atoms with E-state index >= 15 is 0 Å². The molecule has 0 saturated carbocycles. The van der Waals surface area contributed by atoms with Crippen LogP contribution in [0, 0.1) is 0 Å². The fraction of sp³-hybridized carbons (Fsp3) is 0.526. The predicted octanol–water partition coefficient (Wildman–Crippen LogP) is 2.46. The standard InChI is InChI=1S/C19H28N4O2S/c1-16(2)21(3)12-18-19-13-23(11-7-10-22(19)15-20-18)26(24,25)14-17-8-5-4-6-9-17/h4-6,8-9,15-16H,7,10-14H2,1-3H3. The Morgan fingerprint density at radius 3 is 2.62 bits per heavy atom. The summed E-state index contributed by atoms with van der Waals surface area (Å²) in [6.45, 7) is 6.78. The average molecular weight is 377 g/mol. The molecule has 142 valence electrons. The van der Waals surface area contributed by atoms with Crippen molar-refractivity contribution in [2.75, 3.05) is 13.6 Å². The molecule has 1 aliphatic rings. The van der Waals surface area contributed by atoms with Crippen LogP contribution in [0.1, 0.15) is 37.2 Å². The number of rotatable bonds is 6. The zero-order valence-electron chi connectivity index (χ0n) is 15.8. The van der Waals surface area contributed by atoms with Gasteiger partial charge < -0.3 is 4.57 Å². The summed E-state index contributed by atoms with van der Waals surface area (Å²) in [4.78, 5) is 6.78. The molecule has 0 aliphatic carbocycles. The summed E-state index contributed by atoms with van der Waals surface area (Å²) in [5.74, 6) is 0.0448. The molecule has 0 bridgehead atoms. The maximum atomic E-state index is 13.0. The fourth-order valence-electron chi connectivity index (χ4n) is 3.15. The topological polar surface area (TPSA) is 58.4 Å². The van der Waals surface area contributed by atoms with Gasteiger partial charge in [0.2, 0.25) is 10.0 Å². The third kappa shape index (κ3) is 4.34. The van der Waals surface area contributed by atoms with Crippen LogP contribution in [-0.2, 0) is 35.4 Å². The first-order valence-electron chi connectivity index (χ1n) is 9.11. The highest BCUT2D eigenvalue weighted by atomic mass is 32.2. The third-order valence-corrected chi connectivity index (χ3v) is 6.83. The number of nitrogens with zero attached hydrogens (tertiary/aromatic N) is 4. The van der Waals surface area contributed by atoms with E-state index in [0.29, 0.717) is 19.1 Å². The van der Waals surface area contributed by atoms with E-state index in [2.05, 4.69) is 35.3 Å². The summed E-state index contributed by atoms with van der Waals surface area (Å²) in [6, 6.07) is 9.80. The summed E-state index contributed by atoms with van der Waals surface area (Å²) in [5.41, 5.74) is 2.82. The summed E-state index contributed by atoms with van der Waals surface area (Å²) >= 11 is 0. The van der Waals surface area contributed by atoms with Crippen LogP contribution in [0.15, 0.2) is 36.7 Å². The Morgan fingerprint density at radius 1 is 1.19 bits per heavy atom. The Morgan fingerprint density at radius 2 is 1.92 bits per heavy atom. The number of fused-ring (bicyclic) bond motifs is 1. The monoisotopic (exact) mass is 376 g/mol. The molecule has 7 heteroatoms. The van der Waals surface area contributed by atoms with E-state index in [4.69, 9.17) is 0 Å². The minimum atomic E-state index is -3.36. The number of hydrogen-bond donors (Lipinski definition) is 0. The van der Waals surface area contributed by atoms with Crippen LogP contribution >= 0.6 is 0 Å². The van der Waals surface area contributed by atoms with Crippen molar-refractivity contribution in [3.05, 3.63) is 53.6 Å². The second kappa shape index (κ2) is 7.90. The van der Waals surface area contributed by atoms with Crippen LogP contribution in [0.2, 0.25) is 0 Å². The molecular formula is C19H28N4O2S. The van der Waals surface area contributed by atoms with Crippen LogP contribution in [0.4, 0.5) is 0 Å². The smallest absolute Gasteiger partial charge is 0.218 e. The van der Waals surface area contributed by atoms with E-state index < -0.39 is 10.0 Å². The molecular weight excluding hydrogens is 348 g/mol. The molecule has 3 rings (SSSR count). The normalized spacial score (nSPS) is 16.0. The van der Waals surface area contributed by atoms with Gasteiger partial charge in [0.15, 0.2) is 0 Å². The van der Waals surface area contributed by atoms with Gasteiger partial charge in [-0.1, -0.05) is 30.3 Å². The molecule has 0 unspecified atom stereocenters. The first kappa shape index (κ1) is 19.1. The molecule has 26 heavy (non-hydrogen) atoms. The molecule has 0 radical (unpaired) electrons. The van der Waals surface area contributed by atoms with Crippen molar-refractivity contribution in [3.63, 3.8) is 0 Å². The number of benzene rings is 1. The van der Waals surface area contributed by atoms with Crippen molar-refractivity contribution in [3.8, 4) is 0 Å². The first-order chi connectivity index (χ1) is 12.4. The Kier molecular flexibility index (Phi) is 5.79. The molecule has 0 saturated heterocycles. The molecule has 0 spiro atoms. The lowest BCUT2D eigenvalue weighted by Crippen LogP contribution is -2.32. The zero-order valence-corrected chi connectivity index (χ0v) is 16.6. The number of sulfonamides is 1. The predicted molar refractivity (Wildman–Crippen MR) is 103 cm³/mol. The molecule has 0 N–H and O–H groups in total. The second-order valence-electron chi connectivity index (χ2n) is 7.27. The van der Waals surface area contributed by atoms with E-state index in [0.717, 1.165) is 36.5 Å². The Labute approximate surface area is 156 Å². The van der Waals surface area contributed by atoms with Crippen molar-refractivity contribution in [1.29, 1.82) is 0 Å². The Bertz CT molecular complexity index is 830. The van der Waals surface area contributed by atoms with Crippen molar-refractivity contribution in [2.45, 2.75) is 51.7 Å². The van der Waals surface area contributed by atoms with Gasteiger partial charge in [0.05, 0.1) is 30.0 Å². The van der Waals surface area contributed by atoms with Crippen LogP contribution in [-0.4, -0.2) is 46.8 Å². The van der Waals surface area contributed by atoms with Gasteiger partial charge in [0.25, 0.3) is 0 Å². The first-order valence-corrected chi connectivity index (χ1v) is 10.7. The van der Waals surface area contributed by atoms with Gasteiger partial charge in [-0.15, -0.1) is 0 Å². The highest BCUT2D eigenvalue weighted by Gasteiger charge is 2.27. The minimum absolute atomic E-state index is 0.0448. The molecule has 0 atom stereocenters. The van der Waals surface area contributed by atoms with Gasteiger partial charge in [-0.2, -0.15) is 4.31 Å². The number of imidazole rings is 1. The zero-order chi connectivity index (χ0) is 18.7. The Balaban J connectivity index is 1.81. The highest BCUT2D eigenvalue weighted by Crippen LogP contribution is 2.22. The quantitative estimate of drug-likeness (QED) is 0.777. The molecule has 0 amide bonds. The van der Waals surface area contributed by atoms with Crippen molar-refractivity contribution in [1.82, 2.24) is 18.8 Å². The van der Waals surface area contributed by atoms with Crippen molar-refractivity contribution >= 4 is 10.0 Å². The Hall–Kier alpha value is -1.70. The molecule has 2 aromatic rings. The van der Waals surface area contributed by atoms with Crippen LogP contribution < -0.4 is 0 Å². The number of hydrogen-bond acceptors (Lipinski definition) is 4. The lowest BCUT2D eigenvalue weighted by molar-refractivity contribution is 0.261. The van der Waals surface area contributed by atoms with E-state index in [1.54, 1.807) is 4.31 Å². The summed E-state index contributed by atoms with van der Waals surface area (Å²) < 4.78 is 29.7. The maximum absolute atomic E-state index is 13.0. The van der Waals surface area contributed by atoms with Crippen LogP contribution in [0.25, 0.3) is 0 Å². The molecule has 2 heterocycles. The van der Waals surface area contributed by atoms with E-state index in [9.17, 15) is 8.42 Å². The SMILES string of the molecule is CC(C)N(C)Cc1ncn2c1CN(S(=O)(=O)Cc1ccccc1)CCC2. The highest BCUT2D eigenvalue weighted by molar-refractivity contribution is 7.88. The van der Waals surface area contributed by atoms with Crippen molar-refractivity contribution < 1.29 is 8.42 Å². The van der Waals surface area contributed by atoms with Gasteiger partial charge in [-0.05, 0) is 32.9 Å². The second-order valence-corrected chi connectivity index (χ2v) is 9.24. The number of aromatic nitrogens is 2. The maximum Gasteiger partial charge on any atom is 0.218 e. The summed E-state index contributed by atoms with van der Waals surface area (Å²) in [5, 5.41) is 0. The summed E-state index contributed by atoms with van der Waals surface area (Å²) in [7, 11) is -1.30. The van der Waals surface area contributed by atoms with E-state index in [-0.39, 0.29) is 5.75 Å². The van der Waals surface area contributed by atoms with Gasteiger partial charge in [0, 0.05) is 25.7 Å². The lowest BCUT2D eigenvalue weighted by atomic mass is 10.2. The number of aryl methyl sites for hydroxylation is 1. The van der Waals surface area contributed by atoms with Crippen LogP contribution in [0.5, 0.6) is 0 Å². The summed E-state index contributed by atoms with van der Waals surface area (Å²) in [6.07, 6.45) is 2.66. The largest absolute Gasteiger partial charge is 0.333 e.